The van der Waals surface area contributed by atoms with Crippen molar-refractivity contribution in [3.63, 3.8) is 0 Å². The summed E-state index contributed by atoms with van der Waals surface area (Å²) in [6, 6.07) is 6.01. The summed E-state index contributed by atoms with van der Waals surface area (Å²) >= 11 is 8.55. The van der Waals surface area contributed by atoms with Crippen LogP contribution in [0.15, 0.2) is 40.2 Å². The Bertz CT molecular complexity index is 1430. The van der Waals surface area contributed by atoms with E-state index in [2.05, 4.69) is 14.7 Å². The average Bonchev–Trinajstić information content (AvgIpc) is 3.42. The Kier molecular flexibility index (Phi) is 5.10. The topological polar surface area (TPSA) is 118 Å². The largest absolute Gasteiger partial charge is 0.382 e. The molecule has 8 nitrogen and oxygen atoms in total. The Hall–Kier alpha value is -2.31. The van der Waals surface area contributed by atoms with Gasteiger partial charge < -0.3 is 10.6 Å². The quantitative estimate of drug-likeness (QED) is 0.440. The van der Waals surface area contributed by atoms with E-state index in [1.54, 1.807) is 29.2 Å². The molecule has 0 spiro atoms. The molecule has 12 heteroatoms. The highest BCUT2D eigenvalue weighted by Gasteiger charge is 2.35. The number of rotatable bonds is 5. The number of hydrogen-bond acceptors (Lipinski definition) is 8. The van der Waals surface area contributed by atoms with Crippen molar-refractivity contribution in [1.29, 1.82) is 0 Å². The van der Waals surface area contributed by atoms with Crippen molar-refractivity contribution in [3.05, 3.63) is 46.6 Å². The maximum atomic E-state index is 12.9. The van der Waals surface area contributed by atoms with Crippen LogP contribution in [0, 0.1) is 0 Å². The molecule has 5 rings (SSSR count). The number of aromatic nitrogens is 2. The number of nitrogens with zero attached hydrogens (tertiary/aromatic N) is 3. The molecule has 1 atom stereocenters. The SMILES string of the molecule is Nc1ncnc2c(CN3CC[C@H](NS(=O)(=O)c4cc5ccc(Cl)cc5s4)C3=O)csc12. The minimum absolute atomic E-state index is 0.159. The zero-order valence-corrected chi connectivity index (χ0v) is 19.1. The smallest absolute Gasteiger partial charge is 0.250 e. The number of nitrogen functional groups attached to an aromatic ring is 1. The van der Waals surface area contributed by atoms with E-state index in [1.165, 1.54) is 17.7 Å². The first-order valence-corrected chi connectivity index (χ1v) is 12.8. The Balaban J connectivity index is 1.33. The van der Waals surface area contributed by atoms with Gasteiger partial charge in [0.1, 0.15) is 22.4 Å². The fourth-order valence-electron chi connectivity index (χ4n) is 3.60. The van der Waals surface area contributed by atoms with E-state index >= 15 is 0 Å². The third-order valence-corrected chi connectivity index (χ3v) is 9.45. The summed E-state index contributed by atoms with van der Waals surface area (Å²) in [4.78, 5) is 22.8. The van der Waals surface area contributed by atoms with Crippen molar-refractivity contribution in [2.75, 3.05) is 12.3 Å². The van der Waals surface area contributed by atoms with Crippen LogP contribution >= 0.6 is 34.3 Å². The normalized spacial score (nSPS) is 17.3. The van der Waals surface area contributed by atoms with E-state index in [-0.39, 0.29) is 10.1 Å². The standard InChI is InChI=1S/C19H16ClN5O3S3/c20-12-2-1-10-5-15(30-14(10)6-12)31(27,28)24-13-3-4-25(19(13)26)7-11-8-29-17-16(11)22-9-23-18(17)21/h1-2,5-6,8-9,13,24H,3-4,7H2,(H2,21,22,23)/t13-/m0/s1. The molecule has 1 aromatic carbocycles. The molecule has 0 aliphatic carbocycles. The van der Waals surface area contributed by atoms with Crippen molar-refractivity contribution in [1.82, 2.24) is 19.6 Å². The summed E-state index contributed by atoms with van der Waals surface area (Å²) in [5.74, 6) is 0.151. The number of hydrogen-bond donors (Lipinski definition) is 2. The Morgan fingerprint density at radius 2 is 2.13 bits per heavy atom. The van der Waals surface area contributed by atoms with Crippen LogP contribution in [0.2, 0.25) is 5.02 Å². The van der Waals surface area contributed by atoms with Gasteiger partial charge in [0.15, 0.2) is 0 Å². The van der Waals surface area contributed by atoms with Gasteiger partial charge in [-0.3, -0.25) is 4.79 Å². The third-order valence-electron chi connectivity index (χ3n) is 5.14. The van der Waals surface area contributed by atoms with Crippen LogP contribution in [-0.4, -0.2) is 41.8 Å². The summed E-state index contributed by atoms with van der Waals surface area (Å²) in [6.07, 6.45) is 1.79. The molecule has 160 valence electrons. The predicted octanol–water partition coefficient (Wildman–Crippen LogP) is 3.22. The first-order valence-electron chi connectivity index (χ1n) is 9.28. The summed E-state index contributed by atoms with van der Waals surface area (Å²) in [7, 11) is -3.83. The van der Waals surface area contributed by atoms with E-state index in [4.69, 9.17) is 17.3 Å². The number of amides is 1. The number of sulfonamides is 1. The van der Waals surface area contributed by atoms with Crippen LogP contribution in [0.3, 0.4) is 0 Å². The molecule has 0 unspecified atom stereocenters. The maximum absolute atomic E-state index is 12.9. The molecule has 0 bridgehead atoms. The molecule has 0 saturated carbocycles. The van der Waals surface area contributed by atoms with Crippen LogP contribution in [0.25, 0.3) is 20.3 Å². The number of carbonyl (C=O) groups excluding carboxylic acids is 1. The number of nitrogens with one attached hydrogen (secondary N) is 1. The number of benzene rings is 1. The lowest BCUT2D eigenvalue weighted by Gasteiger charge is -2.16. The summed E-state index contributed by atoms with van der Waals surface area (Å²) < 4.78 is 30.1. The van der Waals surface area contributed by atoms with Gasteiger partial charge in [-0.25, -0.2) is 18.4 Å². The summed E-state index contributed by atoms with van der Waals surface area (Å²) in [6.45, 7) is 0.793. The minimum Gasteiger partial charge on any atom is -0.382 e. The van der Waals surface area contributed by atoms with Crippen LogP contribution < -0.4 is 10.5 Å². The van der Waals surface area contributed by atoms with Gasteiger partial charge in [-0.05, 0) is 35.4 Å². The van der Waals surface area contributed by atoms with Gasteiger partial charge >= 0.3 is 0 Å². The maximum Gasteiger partial charge on any atom is 0.250 e. The van der Waals surface area contributed by atoms with E-state index in [9.17, 15) is 13.2 Å². The Morgan fingerprint density at radius 1 is 1.29 bits per heavy atom. The number of likely N-dealkylation sites (tertiary alicyclic amines) is 1. The summed E-state index contributed by atoms with van der Waals surface area (Å²) in [5.41, 5.74) is 7.47. The molecule has 3 aromatic heterocycles. The highest BCUT2D eigenvalue weighted by Crippen LogP contribution is 2.32. The number of thiophene rings is 2. The number of carbonyl (C=O) groups is 1. The fourth-order valence-corrected chi connectivity index (χ4v) is 7.43. The van der Waals surface area contributed by atoms with Crippen molar-refractivity contribution < 1.29 is 13.2 Å². The Labute approximate surface area is 190 Å². The highest BCUT2D eigenvalue weighted by atomic mass is 35.5. The lowest BCUT2D eigenvalue weighted by atomic mass is 10.2. The second kappa shape index (κ2) is 7.68. The number of nitrogens with two attached hydrogens (primary N) is 1. The van der Waals surface area contributed by atoms with Crippen LogP contribution in [0.4, 0.5) is 5.82 Å². The second-order valence-electron chi connectivity index (χ2n) is 7.17. The molecule has 1 aliphatic rings. The van der Waals surface area contributed by atoms with Crippen molar-refractivity contribution >= 4 is 76.3 Å². The first-order chi connectivity index (χ1) is 14.8. The molecule has 1 saturated heterocycles. The number of anilines is 1. The van der Waals surface area contributed by atoms with Crippen LogP contribution in [0.5, 0.6) is 0 Å². The number of halogens is 1. The van der Waals surface area contributed by atoms with Crippen LogP contribution in [0.1, 0.15) is 12.0 Å². The van der Waals surface area contributed by atoms with Crippen LogP contribution in [-0.2, 0) is 21.4 Å². The molecule has 1 fully saturated rings. The molecule has 1 amide bonds. The van der Waals surface area contributed by atoms with Crippen molar-refractivity contribution in [2.24, 2.45) is 0 Å². The molecule has 0 radical (unpaired) electrons. The third kappa shape index (κ3) is 3.76. The van der Waals surface area contributed by atoms with Gasteiger partial charge in [-0.2, -0.15) is 4.72 Å². The highest BCUT2D eigenvalue weighted by molar-refractivity contribution is 7.91. The average molecular weight is 494 g/mol. The van der Waals surface area contributed by atoms with Crippen molar-refractivity contribution in [3.8, 4) is 0 Å². The molecule has 31 heavy (non-hydrogen) atoms. The van der Waals surface area contributed by atoms with E-state index in [0.717, 1.165) is 37.2 Å². The molecule has 4 heterocycles. The van der Waals surface area contributed by atoms with Gasteiger partial charge in [-0.15, -0.1) is 22.7 Å². The van der Waals surface area contributed by atoms with Gasteiger partial charge in [0.25, 0.3) is 10.0 Å². The molecular formula is C19H16ClN5O3S3. The van der Waals surface area contributed by atoms with E-state index in [0.29, 0.717) is 30.4 Å². The summed E-state index contributed by atoms with van der Waals surface area (Å²) in [5, 5.41) is 3.24. The number of fused-ring (bicyclic) bond motifs is 2. The second-order valence-corrected chi connectivity index (χ2v) is 11.5. The minimum atomic E-state index is -3.83. The monoisotopic (exact) mass is 493 g/mol. The fraction of sp³-hybridized carbons (Fsp3) is 0.211. The zero-order chi connectivity index (χ0) is 21.8. The van der Waals surface area contributed by atoms with E-state index < -0.39 is 16.1 Å². The predicted molar refractivity (Wildman–Crippen MR) is 123 cm³/mol. The van der Waals surface area contributed by atoms with Gasteiger partial charge in [0, 0.05) is 28.4 Å². The molecule has 1 aliphatic heterocycles. The lowest BCUT2D eigenvalue weighted by Crippen LogP contribution is -2.41. The first kappa shape index (κ1) is 20.6. The molecule has 4 aromatic rings. The van der Waals surface area contributed by atoms with Crippen molar-refractivity contribution in [2.45, 2.75) is 23.2 Å². The van der Waals surface area contributed by atoms with E-state index in [1.807, 2.05) is 5.38 Å². The van der Waals surface area contributed by atoms with Gasteiger partial charge in [-0.1, -0.05) is 17.7 Å². The Morgan fingerprint density at radius 3 is 2.97 bits per heavy atom. The zero-order valence-electron chi connectivity index (χ0n) is 15.9. The van der Waals surface area contributed by atoms with Gasteiger partial charge in [0.05, 0.1) is 10.2 Å². The lowest BCUT2D eigenvalue weighted by molar-refractivity contribution is -0.129. The molecular weight excluding hydrogens is 478 g/mol. The molecule has 3 N–H and O–H groups in total. The van der Waals surface area contributed by atoms with Gasteiger partial charge in [0.2, 0.25) is 5.91 Å².